The predicted octanol–water partition coefficient (Wildman–Crippen LogP) is 2.96. The van der Waals surface area contributed by atoms with Gasteiger partial charge in [0.25, 0.3) is 0 Å². The molecule has 2 aromatic rings. The lowest BCUT2D eigenvalue weighted by Gasteiger charge is -2.24. The predicted molar refractivity (Wildman–Crippen MR) is 88.0 cm³/mol. The van der Waals surface area contributed by atoms with Gasteiger partial charge < -0.3 is 15.2 Å². The summed E-state index contributed by atoms with van der Waals surface area (Å²) >= 11 is 3.49. The van der Waals surface area contributed by atoms with Gasteiger partial charge in [-0.3, -0.25) is 5.10 Å². The fourth-order valence-electron chi connectivity index (χ4n) is 2.77. The van der Waals surface area contributed by atoms with Crippen LogP contribution in [0.4, 0.5) is 0 Å². The summed E-state index contributed by atoms with van der Waals surface area (Å²) in [5.41, 5.74) is 9.00. The molecule has 0 fully saturated rings. The number of H-pyrrole nitrogens is 1. The minimum atomic E-state index is -0.320. The van der Waals surface area contributed by atoms with Crippen molar-refractivity contribution < 1.29 is 9.47 Å². The fraction of sp³-hybridized carbons (Fsp3) is 0.250. The molecule has 1 atom stereocenters. The highest BCUT2D eigenvalue weighted by atomic mass is 79.9. The monoisotopic (exact) mass is 374 g/mol. The molecule has 1 aliphatic heterocycles. The van der Waals surface area contributed by atoms with Crippen molar-refractivity contribution in [2.24, 2.45) is 5.73 Å². The molecule has 0 aliphatic carbocycles. The molecule has 23 heavy (non-hydrogen) atoms. The number of aryl methyl sites for hydroxylation is 1. The summed E-state index contributed by atoms with van der Waals surface area (Å²) < 4.78 is 11.6. The van der Waals surface area contributed by atoms with Crippen molar-refractivity contribution in [3.8, 4) is 17.7 Å². The van der Waals surface area contributed by atoms with E-state index >= 15 is 0 Å². The van der Waals surface area contributed by atoms with Gasteiger partial charge in [0.2, 0.25) is 11.8 Å². The van der Waals surface area contributed by atoms with Crippen molar-refractivity contribution in [2.75, 3.05) is 7.11 Å². The van der Waals surface area contributed by atoms with E-state index in [4.69, 9.17) is 15.2 Å². The van der Waals surface area contributed by atoms with E-state index in [0.717, 1.165) is 33.5 Å². The molecule has 0 bridgehead atoms. The maximum Gasteiger partial charge on any atom is 0.244 e. The number of aromatic nitrogens is 2. The maximum atomic E-state index is 9.56. The number of nitrogens with two attached hydrogens (primary N) is 1. The Morgan fingerprint density at radius 1 is 1.52 bits per heavy atom. The Labute approximate surface area is 142 Å². The average molecular weight is 375 g/mol. The molecule has 3 rings (SSSR count). The lowest BCUT2D eigenvalue weighted by molar-refractivity contribution is 0.378. The number of rotatable bonds is 3. The number of allylic oxidation sites excluding steroid dienone is 1. The van der Waals surface area contributed by atoms with Crippen LogP contribution in [0.1, 0.15) is 29.7 Å². The van der Waals surface area contributed by atoms with Gasteiger partial charge in [0.15, 0.2) is 0 Å². The average Bonchev–Trinajstić information content (AvgIpc) is 2.95. The van der Waals surface area contributed by atoms with Crippen molar-refractivity contribution in [1.82, 2.24) is 10.2 Å². The molecule has 0 saturated carbocycles. The number of halogens is 1. The van der Waals surface area contributed by atoms with E-state index in [2.05, 4.69) is 32.2 Å². The Kier molecular flexibility index (Phi) is 4.01. The summed E-state index contributed by atoms with van der Waals surface area (Å²) in [6, 6.07) is 7.87. The molecule has 6 nitrogen and oxygen atoms in total. The van der Waals surface area contributed by atoms with Crippen LogP contribution in [-0.2, 0) is 6.42 Å². The summed E-state index contributed by atoms with van der Waals surface area (Å²) in [7, 11) is 1.61. The SMILES string of the molecule is CCc1[nH]nc2c1C(c1ccc(OC)c(Br)c1)C(C#N)=C(N)O2. The van der Waals surface area contributed by atoms with Gasteiger partial charge in [0, 0.05) is 11.3 Å². The summed E-state index contributed by atoms with van der Waals surface area (Å²) in [5.74, 6) is 0.917. The summed E-state index contributed by atoms with van der Waals surface area (Å²) in [6.45, 7) is 2.02. The summed E-state index contributed by atoms with van der Waals surface area (Å²) in [6.07, 6.45) is 0.748. The van der Waals surface area contributed by atoms with Crippen molar-refractivity contribution >= 4 is 15.9 Å². The molecule has 3 N–H and O–H groups in total. The molecule has 2 heterocycles. The van der Waals surface area contributed by atoms with Crippen LogP contribution in [0.2, 0.25) is 0 Å². The topological polar surface area (TPSA) is 97.0 Å². The highest BCUT2D eigenvalue weighted by Crippen LogP contribution is 2.44. The molecule has 0 amide bonds. The number of methoxy groups -OCH3 is 1. The quantitative estimate of drug-likeness (QED) is 0.860. The third kappa shape index (κ3) is 2.45. The number of aromatic amines is 1. The molecular formula is C16H15BrN4O2. The van der Waals surface area contributed by atoms with Crippen LogP contribution >= 0.6 is 15.9 Å². The molecule has 118 valence electrons. The minimum absolute atomic E-state index is 0.0890. The molecule has 1 aliphatic rings. The zero-order chi connectivity index (χ0) is 16.6. The van der Waals surface area contributed by atoms with Crippen LogP contribution in [0.5, 0.6) is 11.6 Å². The van der Waals surface area contributed by atoms with Gasteiger partial charge in [-0.1, -0.05) is 13.0 Å². The number of nitrogens with one attached hydrogen (secondary N) is 1. The second-order valence-electron chi connectivity index (χ2n) is 5.09. The number of benzene rings is 1. The fourth-order valence-corrected chi connectivity index (χ4v) is 3.33. The molecule has 0 spiro atoms. The lowest BCUT2D eigenvalue weighted by atomic mass is 9.83. The van der Waals surface area contributed by atoms with Crippen molar-refractivity contribution in [1.29, 1.82) is 5.26 Å². The van der Waals surface area contributed by atoms with Crippen LogP contribution in [0.25, 0.3) is 0 Å². The van der Waals surface area contributed by atoms with Crippen LogP contribution in [0.3, 0.4) is 0 Å². The molecule has 0 saturated heterocycles. The first-order valence-corrected chi connectivity index (χ1v) is 7.88. The van der Waals surface area contributed by atoms with E-state index in [0.29, 0.717) is 11.5 Å². The Balaban J connectivity index is 2.21. The van der Waals surface area contributed by atoms with Crippen LogP contribution in [-0.4, -0.2) is 17.3 Å². The highest BCUT2D eigenvalue weighted by Gasteiger charge is 2.34. The first-order valence-electron chi connectivity index (χ1n) is 7.08. The standard InChI is InChI=1S/C16H15BrN4O2/c1-3-11-14-13(8-4-5-12(22-2)10(17)6-8)9(7-18)15(19)23-16(14)21-20-11/h4-6,13H,3,19H2,1-2H3,(H,20,21). The van der Waals surface area contributed by atoms with Gasteiger partial charge in [-0.2, -0.15) is 5.26 Å². The molecular weight excluding hydrogens is 360 g/mol. The molecule has 0 radical (unpaired) electrons. The number of hydrogen-bond donors (Lipinski definition) is 2. The second-order valence-corrected chi connectivity index (χ2v) is 5.95. The van der Waals surface area contributed by atoms with Crippen LogP contribution < -0.4 is 15.2 Å². The Hall–Kier alpha value is -2.46. The lowest BCUT2D eigenvalue weighted by Crippen LogP contribution is -2.21. The van der Waals surface area contributed by atoms with E-state index in [9.17, 15) is 5.26 Å². The van der Waals surface area contributed by atoms with E-state index in [1.807, 2.05) is 25.1 Å². The van der Waals surface area contributed by atoms with E-state index in [-0.39, 0.29) is 11.8 Å². The number of nitrogens with zero attached hydrogens (tertiary/aromatic N) is 2. The molecule has 7 heteroatoms. The highest BCUT2D eigenvalue weighted by molar-refractivity contribution is 9.10. The van der Waals surface area contributed by atoms with Crippen LogP contribution in [0, 0.1) is 11.3 Å². The van der Waals surface area contributed by atoms with Crippen molar-refractivity contribution in [3.63, 3.8) is 0 Å². The number of hydrogen-bond acceptors (Lipinski definition) is 5. The van der Waals surface area contributed by atoms with Gasteiger partial charge in [0.1, 0.15) is 17.4 Å². The van der Waals surface area contributed by atoms with E-state index < -0.39 is 0 Å². The smallest absolute Gasteiger partial charge is 0.244 e. The first-order chi connectivity index (χ1) is 11.1. The van der Waals surface area contributed by atoms with Gasteiger partial charge in [-0.15, -0.1) is 5.10 Å². The Bertz CT molecular complexity index is 835. The van der Waals surface area contributed by atoms with E-state index in [1.165, 1.54) is 0 Å². The van der Waals surface area contributed by atoms with Gasteiger partial charge in [-0.25, -0.2) is 0 Å². The third-order valence-corrected chi connectivity index (χ3v) is 4.50. The number of ether oxygens (including phenoxy) is 2. The molecule has 1 unspecified atom stereocenters. The maximum absolute atomic E-state index is 9.56. The van der Waals surface area contributed by atoms with Gasteiger partial charge in [0.05, 0.1) is 17.5 Å². The van der Waals surface area contributed by atoms with E-state index in [1.54, 1.807) is 7.11 Å². The first kappa shape index (κ1) is 15.4. The second kappa shape index (κ2) is 5.97. The van der Waals surface area contributed by atoms with Crippen LogP contribution in [0.15, 0.2) is 34.1 Å². The summed E-state index contributed by atoms with van der Waals surface area (Å²) in [4.78, 5) is 0. The van der Waals surface area contributed by atoms with Crippen molar-refractivity contribution in [2.45, 2.75) is 19.3 Å². The van der Waals surface area contributed by atoms with Crippen molar-refractivity contribution in [3.05, 3.63) is 50.9 Å². The largest absolute Gasteiger partial charge is 0.496 e. The normalized spacial score (nSPS) is 16.5. The van der Waals surface area contributed by atoms with Gasteiger partial charge >= 0.3 is 0 Å². The Morgan fingerprint density at radius 2 is 2.30 bits per heavy atom. The number of fused-ring (bicyclic) bond motifs is 1. The molecule has 1 aromatic heterocycles. The zero-order valence-corrected chi connectivity index (χ0v) is 14.3. The zero-order valence-electron chi connectivity index (χ0n) is 12.7. The number of nitriles is 1. The minimum Gasteiger partial charge on any atom is -0.496 e. The third-order valence-electron chi connectivity index (χ3n) is 3.88. The summed E-state index contributed by atoms with van der Waals surface area (Å²) in [5, 5.41) is 16.7. The van der Waals surface area contributed by atoms with Gasteiger partial charge in [-0.05, 0) is 40.0 Å². The Morgan fingerprint density at radius 3 is 2.91 bits per heavy atom. The molecule has 1 aromatic carbocycles.